The van der Waals surface area contributed by atoms with Crippen molar-refractivity contribution in [2.24, 2.45) is 33.9 Å². The minimum Gasteiger partial charge on any atom is -0.394 e. The number of azide groups is 2. The van der Waals surface area contributed by atoms with Gasteiger partial charge in [0, 0.05) is 28.1 Å². The molecular weight excluding hydrogens is 1250 g/mol. The van der Waals surface area contributed by atoms with Crippen LogP contribution in [0.3, 0.4) is 0 Å². The van der Waals surface area contributed by atoms with E-state index in [9.17, 15) is 40.9 Å². The molecule has 31 heteroatoms. The molecule has 524 valence electrons. The number of carbonyl (C=O) groups excluding carboxylic acids is 2. The quantitative estimate of drug-likeness (QED) is 0.0499. The fraction of sp³-hybridized carbons (Fsp3) is 0.703. The van der Waals surface area contributed by atoms with Crippen molar-refractivity contribution in [3.63, 3.8) is 0 Å². The molecule has 12 rings (SSSR count). The second-order valence-electron chi connectivity index (χ2n) is 25.0. The zero-order valence-electron chi connectivity index (χ0n) is 53.0. The summed E-state index contributed by atoms with van der Waals surface area (Å²) in [5, 5.41) is 98.2. The van der Waals surface area contributed by atoms with Crippen LogP contribution in [0.25, 0.3) is 20.9 Å². The Bertz CT molecular complexity index is 2920. The van der Waals surface area contributed by atoms with Gasteiger partial charge in [-0.15, -0.1) is 0 Å². The number of hydrogen-bond acceptors (Lipinski definition) is 27. The first-order chi connectivity index (χ1) is 45.9. The Hall–Kier alpha value is -5.26. The third-order valence-electron chi connectivity index (χ3n) is 18.9. The van der Waals surface area contributed by atoms with Crippen LogP contribution in [0.15, 0.2) is 101 Å². The Balaban J connectivity index is 0.000000168. The van der Waals surface area contributed by atoms with Crippen molar-refractivity contribution in [2.45, 2.75) is 226 Å². The van der Waals surface area contributed by atoms with Crippen molar-refractivity contribution in [1.82, 2.24) is 0 Å². The summed E-state index contributed by atoms with van der Waals surface area (Å²) in [4.78, 5) is 22.2. The molecule has 31 nitrogen and oxygen atoms in total. The van der Waals surface area contributed by atoms with Crippen LogP contribution < -0.4 is 0 Å². The molecule has 0 saturated carbocycles. The van der Waals surface area contributed by atoms with Gasteiger partial charge in [0.15, 0.2) is 37.7 Å². The molecule has 9 aliphatic heterocycles. The average molecular weight is 1340 g/mol. The van der Waals surface area contributed by atoms with E-state index in [1.165, 1.54) is 0 Å². The highest BCUT2D eigenvalue weighted by molar-refractivity contribution is 5.20. The molecule has 9 fully saturated rings. The SMILES string of the molecule is CC1C(N=[N+]=[N-])C2OCCC(O2)C1OC1OC(CO)C(O)C(C)C1OCc1ccccc1.CC1C(N=[N+]=[N-])C2OCCC(O2)C1OC1OC(Cc2ccccc2)C(O)C(C)C1OCc1ccccc1.O=C=O.OCC1OC(OC2C3CCOC(O3)C(O)C2O)C(O)C(O)C1O. The Labute approximate surface area is 548 Å². The fourth-order valence-electron chi connectivity index (χ4n) is 13.4. The van der Waals surface area contributed by atoms with Crippen LogP contribution in [-0.4, -0.2) is 245 Å². The summed E-state index contributed by atoms with van der Waals surface area (Å²) >= 11 is 0. The van der Waals surface area contributed by atoms with Crippen LogP contribution in [0.5, 0.6) is 0 Å². The molecule has 6 bridgehead atoms. The molecule has 9 saturated heterocycles. The number of rotatable bonds is 18. The third kappa shape index (κ3) is 18.0. The molecule has 0 aromatic heterocycles. The highest BCUT2D eigenvalue weighted by Gasteiger charge is 2.55. The summed E-state index contributed by atoms with van der Waals surface area (Å²) in [5.41, 5.74) is 21.2. The predicted molar refractivity (Wildman–Crippen MR) is 322 cm³/mol. The fourth-order valence-corrected chi connectivity index (χ4v) is 13.4. The van der Waals surface area contributed by atoms with E-state index in [-0.39, 0.29) is 54.7 Å². The monoisotopic (exact) mass is 1340 g/mol. The molecular formula is C64H88N6O25. The third-order valence-corrected chi connectivity index (χ3v) is 18.9. The second-order valence-corrected chi connectivity index (χ2v) is 25.0. The van der Waals surface area contributed by atoms with Gasteiger partial charge in [-0.1, -0.05) is 129 Å². The van der Waals surface area contributed by atoms with E-state index in [0.29, 0.717) is 58.7 Å². The number of benzene rings is 3. The van der Waals surface area contributed by atoms with Crippen molar-refractivity contribution in [1.29, 1.82) is 0 Å². The van der Waals surface area contributed by atoms with E-state index in [1.54, 1.807) is 0 Å². The number of aliphatic hydroxyl groups excluding tert-OH is 9. The normalized spacial score (nSPS) is 41.8. The lowest BCUT2D eigenvalue weighted by Gasteiger charge is -2.50. The maximum absolute atomic E-state index is 11.2. The van der Waals surface area contributed by atoms with Crippen LogP contribution in [-0.2, 0) is 95.5 Å². The van der Waals surface area contributed by atoms with Gasteiger partial charge in [0.25, 0.3) is 0 Å². The van der Waals surface area contributed by atoms with Gasteiger partial charge in [-0.05, 0) is 58.9 Å². The Morgan fingerprint density at radius 2 is 0.821 bits per heavy atom. The highest BCUT2D eigenvalue weighted by atomic mass is 16.8. The molecule has 0 spiro atoms. The second kappa shape index (κ2) is 35.5. The highest BCUT2D eigenvalue weighted by Crippen LogP contribution is 2.42. The van der Waals surface area contributed by atoms with Gasteiger partial charge in [0.05, 0.1) is 107 Å². The summed E-state index contributed by atoms with van der Waals surface area (Å²) < 4.78 is 82.9. The minimum absolute atomic E-state index is 0.159. The molecule has 95 heavy (non-hydrogen) atoms. The summed E-state index contributed by atoms with van der Waals surface area (Å²) in [5.74, 6) is -0.938. The lowest BCUT2D eigenvalue weighted by atomic mass is 9.85. The van der Waals surface area contributed by atoms with Crippen molar-refractivity contribution in [3.8, 4) is 0 Å². The molecule has 30 unspecified atom stereocenters. The first-order valence-electron chi connectivity index (χ1n) is 32.1. The predicted octanol–water partition coefficient (Wildman–Crippen LogP) is 1.97. The molecule has 9 heterocycles. The molecule has 3 aromatic rings. The van der Waals surface area contributed by atoms with Crippen molar-refractivity contribution >= 4 is 6.15 Å². The average Bonchev–Trinajstić information content (AvgIpc) is 0.794. The van der Waals surface area contributed by atoms with E-state index < -0.39 is 148 Å². The molecule has 3 aromatic carbocycles. The van der Waals surface area contributed by atoms with Gasteiger partial charge in [0.1, 0.15) is 61.0 Å². The molecule has 9 aliphatic rings. The van der Waals surface area contributed by atoms with Gasteiger partial charge in [-0.3, -0.25) is 0 Å². The lowest BCUT2D eigenvalue weighted by molar-refractivity contribution is -0.370. The van der Waals surface area contributed by atoms with Gasteiger partial charge in [-0.2, -0.15) is 9.59 Å². The minimum atomic E-state index is -1.59. The number of ether oxygens (including phenoxy) is 14. The van der Waals surface area contributed by atoms with Crippen LogP contribution >= 0.6 is 0 Å². The zero-order valence-corrected chi connectivity index (χ0v) is 53.0. The largest absolute Gasteiger partial charge is 0.394 e. The number of nitrogens with zero attached hydrogens (tertiary/aromatic N) is 6. The van der Waals surface area contributed by atoms with Crippen molar-refractivity contribution in [2.75, 3.05) is 33.0 Å². The molecule has 9 N–H and O–H groups in total. The van der Waals surface area contributed by atoms with Crippen LogP contribution in [0, 0.1) is 23.7 Å². The first kappa shape index (κ1) is 74.0. The Kier molecular flexibility index (Phi) is 27.6. The van der Waals surface area contributed by atoms with E-state index in [4.69, 9.17) is 92.1 Å². The molecule has 30 atom stereocenters. The zero-order chi connectivity index (χ0) is 67.9. The lowest BCUT2D eigenvalue weighted by Crippen LogP contribution is -2.65. The topological polar surface area (TPSA) is 443 Å². The van der Waals surface area contributed by atoms with Gasteiger partial charge >= 0.3 is 6.15 Å². The Morgan fingerprint density at radius 1 is 0.442 bits per heavy atom. The smallest absolute Gasteiger partial charge is 0.373 e. The summed E-state index contributed by atoms with van der Waals surface area (Å²) in [7, 11) is 0. The van der Waals surface area contributed by atoms with Crippen LogP contribution in [0.2, 0.25) is 0 Å². The maximum Gasteiger partial charge on any atom is 0.373 e. The maximum atomic E-state index is 11.2. The number of hydrogen-bond donors (Lipinski definition) is 9. The Morgan fingerprint density at radius 3 is 1.27 bits per heavy atom. The van der Waals surface area contributed by atoms with E-state index >= 15 is 0 Å². The van der Waals surface area contributed by atoms with Gasteiger partial charge < -0.3 is 112 Å². The summed E-state index contributed by atoms with van der Waals surface area (Å²) in [6.45, 7) is 8.83. The van der Waals surface area contributed by atoms with Gasteiger partial charge in [-0.25, -0.2) is 0 Å². The summed E-state index contributed by atoms with van der Waals surface area (Å²) in [6.07, 6.45) is -17.9. The van der Waals surface area contributed by atoms with E-state index in [2.05, 4.69) is 20.1 Å². The number of aliphatic hydroxyl groups is 9. The van der Waals surface area contributed by atoms with Crippen LogP contribution in [0.4, 0.5) is 0 Å². The van der Waals surface area contributed by atoms with E-state index in [0.717, 1.165) is 16.7 Å². The van der Waals surface area contributed by atoms with E-state index in [1.807, 2.05) is 119 Å². The molecule has 0 radical (unpaired) electrons. The van der Waals surface area contributed by atoms with Crippen molar-refractivity contribution in [3.05, 3.63) is 129 Å². The van der Waals surface area contributed by atoms with Gasteiger partial charge in [0.2, 0.25) is 0 Å². The van der Waals surface area contributed by atoms with Crippen molar-refractivity contribution < 1.29 is 122 Å². The molecule has 0 aliphatic carbocycles. The first-order valence-corrected chi connectivity index (χ1v) is 32.1. The summed E-state index contributed by atoms with van der Waals surface area (Å²) in [6, 6.07) is 28.6. The number of fused-ring (bicyclic) bond motifs is 6. The molecule has 0 amide bonds. The van der Waals surface area contributed by atoms with Crippen LogP contribution in [0.1, 0.15) is 63.6 Å². The standard InChI is InChI=1S/C28H35N3O6.C22H31N3O7.C13H22O10.CO2/c1-17-23(30-31-29)27-33-14-13-21(35-27)25(17)37-28-26(34-16-20-11-7-4-8-12-20)18(2)24(32)22(36-28)15-19-9-5-3-6-10-19;1-12-17(24-25-23)21-28-9-8-15(30-21)19(12)32-22-20(13(2)18(27)16(10-26)31-22)29-11-14-6-4-3-5-7-14;14-3-5-6(15)7(16)9(18)13(22-5)23-11-4-1-2-20-12(21-4)10(19)8(11)17;2-1-3/h3-12,17-18,21-28,32H,13-16H2,1-2H3;3-7,12-13,15-22,26-27H,8-11H2,1-2H3;4-19H,1-3H2;.